The van der Waals surface area contributed by atoms with Gasteiger partial charge in [-0.15, -0.1) is 0 Å². The van der Waals surface area contributed by atoms with Crippen LogP contribution in [0.25, 0.3) is 0 Å². The molecule has 0 aromatic heterocycles. The number of aliphatic hydroxyl groups excluding tert-OH is 2. The molecule has 0 amide bonds. The second-order valence-corrected chi connectivity index (χ2v) is 8.09. The minimum atomic E-state index is -1.07. The van der Waals surface area contributed by atoms with Crippen molar-refractivity contribution in [1.29, 1.82) is 0 Å². The molecule has 3 nitrogen and oxygen atoms in total. The van der Waals surface area contributed by atoms with Gasteiger partial charge in [-0.1, -0.05) is 20.8 Å². The monoisotopic (exact) mass is 254 g/mol. The van der Waals surface area contributed by atoms with E-state index < -0.39 is 17.8 Å². The van der Waals surface area contributed by atoms with Crippen LogP contribution in [0.15, 0.2) is 0 Å². The molecule has 6 atom stereocenters. The molecule has 0 heterocycles. The molecule has 3 aliphatic carbocycles. The van der Waals surface area contributed by atoms with Crippen LogP contribution >= 0.6 is 0 Å². The van der Waals surface area contributed by atoms with Crippen LogP contribution < -0.4 is 0 Å². The van der Waals surface area contributed by atoms with Crippen molar-refractivity contribution in [3.63, 3.8) is 0 Å². The van der Waals surface area contributed by atoms with Gasteiger partial charge in [-0.3, -0.25) is 0 Å². The lowest BCUT2D eigenvalue weighted by molar-refractivity contribution is -0.154. The third kappa shape index (κ3) is 1.53. The molecule has 0 aliphatic heterocycles. The molecule has 0 radical (unpaired) electrons. The number of fused-ring (bicyclic) bond motifs is 4. The van der Waals surface area contributed by atoms with Gasteiger partial charge in [-0.2, -0.15) is 0 Å². The summed E-state index contributed by atoms with van der Waals surface area (Å²) >= 11 is 0. The highest BCUT2D eigenvalue weighted by atomic mass is 16.3. The molecule has 0 spiro atoms. The van der Waals surface area contributed by atoms with Crippen molar-refractivity contribution in [3.05, 3.63) is 0 Å². The van der Waals surface area contributed by atoms with Gasteiger partial charge in [0.25, 0.3) is 0 Å². The van der Waals surface area contributed by atoms with E-state index in [4.69, 9.17) is 0 Å². The Kier molecular flexibility index (Phi) is 2.51. The zero-order valence-corrected chi connectivity index (χ0v) is 11.7. The molecular formula is C15H26O3. The van der Waals surface area contributed by atoms with Crippen molar-refractivity contribution in [1.82, 2.24) is 0 Å². The minimum Gasteiger partial charge on any atom is -0.393 e. The molecule has 3 saturated carbocycles. The second kappa shape index (κ2) is 3.50. The normalized spacial score (nSPS) is 58.3. The highest BCUT2D eigenvalue weighted by Gasteiger charge is 2.64. The molecule has 0 aromatic rings. The lowest BCUT2D eigenvalue weighted by atomic mass is 9.46. The summed E-state index contributed by atoms with van der Waals surface area (Å²) in [5, 5.41) is 31.3. The van der Waals surface area contributed by atoms with E-state index in [1.165, 1.54) is 0 Å². The molecule has 0 aromatic carbocycles. The molecule has 2 bridgehead atoms. The van der Waals surface area contributed by atoms with Crippen LogP contribution in [0, 0.1) is 22.7 Å². The number of rotatable bonds is 0. The molecule has 3 heteroatoms. The van der Waals surface area contributed by atoms with Gasteiger partial charge in [-0.25, -0.2) is 0 Å². The van der Waals surface area contributed by atoms with Crippen LogP contribution in [0.4, 0.5) is 0 Å². The molecular weight excluding hydrogens is 228 g/mol. The Morgan fingerprint density at radius 3 is 2.33 bits per heavy atom. The quantitative estimate of drug-likeness (QED) is 0.616. The first-order chi connectivity index (χ1) is 8.18. The lowest BCUT2D eigenvalue weighted by Gasteiger charge is -2.59. The van der Waals surface area contributed by atoms with Crippen LogP contribution in [0.5, 0.6) is 0 Å². The maximum absolute atomic E-state index is 10.7. The Morgan fingerprint density at radius 2 is 1.72 bits per heavy atom. The summed E-state index contributed by atoms with van der Waals surface area (Å²) in [5.41, 5.74) is -0.808. The predicted molar refractivity (Wildman–Crippen MR) is 68.9 cm³/mol. The highest BCUT2D eigenvalue weighted by molar-refractivity contribution is 5.13. The Hall–Kier alpha value is -0.120. The van der Waals surface area contributed by atoms with Crippen molar-refractivity contribution in [2.75, 3.05) is 0 Å². The summed E-state index contributed by atoms with van der Waals surface area (Å²) in [4.78, 5) is 0. The van der Waals surface area contributed by atoms with E-state index in [1.807, 2.05) is 0 Å². The Labute approximate surface area is 109 Å². The summed E-state index contributed by atoms with van der Waals surface area (Å²) in [7, 11) is 0. The summed E-state index contributed by atoms with van der Waals surface area (Å²) in [6.07, 6.45) is 2.63. The van der Waals surface area contributed by atoms with E-state index in [0.29, 0.717) is 25.2 Å². The molecule has 3 rings (SSSR count). The number of hydrogen-bond acceptors (Lipinski definition) is 3. The van der Waals surface area contributed by atoms with Crippen LogP contribution in [0.2, 0.25) is 0 Å². The summed E-state index contributed by atoms with van der Waals surface area (Å²) in [6, 6.07) is 0. The van der Waals surface area contributed by atoms with Gasteiger partial charge in [0, 0.05) is 6.42 Å². The first-order valence-corrected chi connectivity index (χ1v) is 7.27. The third-order valence-corrected chi connectivity index (χ3v) is 6.27. The first-order valence-electron chi connectivity index (χ1n) is 7.27. The zero-order chi connectivity index (χ0) is 13.3. The fraction of sp³-hybridized carbons (Fsp3) is 1.00. The Bertz CT molecular complexity index is 367. The van der Waals surface area contributed by atoms with Gasteiger partial charge in [-0.05, 0) is 48.3 Å². The van der Waals surface area contributed by atoms with E-state index in [1.54, 1.807) is 0 Å². The molecule has 0 saturated heterocycles. The van der Waals surface area contributed by atoms with Crippen LogP contribution in [0.3, 0.4) is 0 Å². The maximum Gasteiger partial charge on any atom is 0.0935 e. The Morgan fingerprint density at radius 1 is 1.06 bits per heavy atom. The highest BCUT2D eigenvalue weighted by Crippen LogP contribution is 2.66. The molecule has 104 valence electrons. The van der Waals surface area contributed by atoms with E-state index >= 15 is 0 Å². The average molecular weight is 254 g/mol. The van der Waals surface area contributed by atoms with Gasteiger partial charge >= 0.3 is 0 Å². The second-order valence-electron chi connectivity index (χ2n) is 8.09. The van der Waals surface area contributed by atoms with E-state index in [-0.39, 0.29) is 16.7 Å². The Balaban J connectivity index is 1.99. The lowest BCUT2D eigenvalue weighted by Crippen LogP contribution is -2.55. The van der Waals surface area contributed by atoms with Crippen molar-refractivity contribution in [3.8, 4) is 0 Å². The van der Waals surface area contributed by atoms with Crippen LogP contribution in [-0.2, 0) is 0 Å². The topological polar surface area (TPSA) is 60.7 Å². The summed E-state index contributed by atoms with van der Waals surface area (Å²) in [6.45, 7) is 6.68. The smallest absolute Gasteiger partial charge is 0.0935 e. The maximum atomic E-state index is 10.7. The van der Waals surface area contributed by atoms with Crippen molar-refractivity contribution >= 4 is 0 Å². The van der Waals surface area contributed by atoms with E-state index in [2.05, 4.69) is 20.8 Å². The van der Waals surface area contributed by atoms with Crippen LogP contribution in [-0.4, -0.2) is 33.1 Å². The minimum absolute atomic E-state index is 0.0889. The first kappa shape index (κ1) is 12.9. The molecule has 3 aliphatic rings. The number of aliphatic hydroxyl groups is 3. The van der Waals surface area contributed by atoms with Crippen molar-refractivity contribution in [2.24, 2.45) is 22.7 Å². The van der Waals surface area contributed by atoms with Gasteiger partial charge in [0.1, 0.15) is 0 Å². The molecule has 18 heavy (non-hydrogen) atoms. The van der Waals surface area contributed by atoms with Crippen LogP contribution in [0.1, 0.15) is 52.9 Å². The molecule has 0 unspecified atom stereocenters. The van der Waals surface area contributed by atoms with E-state index in [0.717, 1.165) is 12.8 Å². The SMILES string of the molecule is CC1(C)C[C@H]2[C@H]1[C@H](O)C[C@@]1(O)C[C@]2(C)CC[C@H]1O. The van der Waals surface area contributed by atoms with Gasteiger partial charge in [0.15, 0.2) is 0 Å². The fourth-order valence-electron chi connectivity index (χ4n) is 5.34. The molecule has 3 fully saturated rings. The van der Waals surface area contributed by atoms with Crippen molar-refractivity contribution in [2.45, 2.75) is 70.7 Å². The largest absolute Gasteiger partial charge is 0.393 e. The molecule has 3 N–H and O–H groups in total. The van der Waals surface area contributed by atoms with Gasteiger partial charge < -0.3 is 15.3 Å². The zero-order valence-electron chi connectivity index (χ0n) is 11.7. The van der Waals surface area contributed by atoms with E-state index in [9.17, 15) is 15.3 Å². The third-order valence-electron chi connectivity index (χ3n) is 6.27. The van der Waals surface area contributed by atoms with Gasteiger partial charge in [0.05, 0.1) is 17.8 Å². The number of hydrogen-bond donors (Lipinski definition) is 3. The summed E-state index contributed by atoms with van der Waals surface area (Å²) in [5.74, 6) is 0.783. The predicted octanol–water partition coefficient (Wildman–Crippen LogP) is 1.70. The van der Waals surface area contributed by atoms with Gasteiger partial charge in [0.2, 0.25) is 0 Å². The fourth-order valence-corrected chi connectivity index (χ4v) is 5.34. The average Bonchev–Trinajstić information content (AvgIpc) is 2.25. The van der Waals surface area contributed by atoms with Crippen molar-refractivity contribution < 1.29 is 15.3 Å². The summed E-state index contributed by atoms with van der Waals surface area (Å²) < 4.78 is 0. The standard InChI is InChI=1S/C15H26O3/c1-13(2)6-9-12(13)10(16)7-15(18)8-14(9,3)5-4-11(15)17/h9-12,16-18H,4-8H2,1-3H3/t9-,10+,11+,12-,14-,15+/m0/s1.